The highest BCUT2D eigenvalue weighted by Crippen LogP contribution is 2.07. The van der Waals surface area contributed by atoms with E-state index >= 15 is 0 Å². The molecule has 1 aromatic carbocycles. The van der Waals surface area contributed by atoms with Crippen LogP contribution in [0.5, 0.6) is 0 Å². The van der Waals surface area contributed by atoms with Gasteiger partial charge < -0.3 is 0 Å². The second-order valence-electron chi connectivity index (χ2n) is 2.21. The second kappa shape index (κ2) is 3.11. The zero-order valence-corrected chi connectivity index (χ0v) is 5.87. The van der Waals surface area contributed by atoms with Gasteiger partial charge in [0.15, 0.2) is 0 Å². The van der Waals surface area contributed by atoms with Crippen LogP contribution in [-0.4, -0.2) is 0 Å². The topological polar surface area (TPSA) is 29.4 Å². The summed E-state index contributed by atoms with van der Waals surface area (Å²) >= 11 is 0. The second-order valence-corrected chi connectivity index (χ2v) is 2.21. The van der Waals surface area contributed by atoms with Gasteiger partial charge in [0.05, 0.1) is 0 Å². The monoisotopic (exact) mass is 135 g/mol. The predicted molar refractivity (Wildman–Crippen MR) is 40.7 cm³/mol. The molecule has 2 nitrogen and oxygen atoms in total. The molecule has 10 heavy (non-hydrogen) atoms. The van der Waals surface area contributed by atoms with Crippen LogP contribution < -0.4 is 0 Å². The van der Waals surface area contributed by atoms with Crippen molar-refractivity contribution >= 4 is 0 Å². The lowest BCUT2D eigenvalue weighted by Crippen LogP contribution is -1.83. The summed E-state index contributed by atoms with van der Waals surface area (Å²) in [6, 6.07) is 7.74. The predicted octanol–water partition coefficient (Wildman–Crippen LogP) is 2.26. The van der Waals surface area contributed by atoms with Crippen molar-refractivity contribution in [1.29, 1.82) is 0 Å². The van der Waals surface area contributed by atoms with Crippen LogP contribution in [0.2, 0.25) is 0 Å². The van der Waals surface area contributed by atoms with E-state index in [1.54, 1.807) is 0 Å². The maximum atomic E-state index is 9.88. The third-order valence-electron chi connectivity index (χ3n) is 1.50. The minimum Gasteiger partial charge on any atom is -0.150 e. The van der Waals surface area contributed by atoms with Gasteiger partial charge in [-0.25, -0.2) is 0 Å². The molecule has 0 N–H and O–H groups in total. The van der Waals surface area contributed by atoms with Crippen LogP contribution in [0, 0.1) is 11.8 Å². The SMILES string of the molecule is Cc1ccccc1CN=O. The fourth-order valence-corrected chi connectivity index (χ4v) is 0.857. The minimum atomic E-state index is 0.284. The van der Waals surface area contributed by atoms with E-state index in [-0.39, 0.29) is 6.54 Å². The van der Waals surface area contributed by atoms with Gasteiger partial charge in [0.1, 0.15) is 6.54 Å². The minimum absolute atomic E-state index is 0.284. The van der Waals surface area contributed by atoms with Crippen LogP contribution in [0.15, 0.2) is 29.4 Å². The number of hydrogen-bond acceptors (Lipinski definition) is 2. The summed E-state index contributed by atoms with van der Waals surface area (Å²) in [6.07, 6.45) is 0. The Kier molecular flexibility index (Phi) is 2.15. The van der Waals surface area contributed by atoms with Gasteiger partial charge in [0.25, 0.3) is 0 Å². The van der Waals surface area contributed by atoms with Crippen molar-refractivity contribution in [3.63, 3.8) is 0 Å². The quantitative estimate of drug-likeness (QED) is 0.572. The van der Waals surface area contributed by atoms with Crippen molar-refractivity contribution in [2.24, 2.45) is 5.18 Å². The lowest BCUT2D eigenvalue weighted by atomic mass is 10.1. The first-order chi connectivity index (χ1) is 4.84. The molecule has 0 heterocycles. The summed E-state index contributed by atoms with van der Waals surface area (Å²) < 4.78 is 0. The number of benzene rings is 1. The van der Waals surface area contributed by atoms with Gasteiger partial charge in [0.2, 0.25) is 0 Å². The maximum absolute atomic E-state index is 9.88. The summed E-state index contributed by atoms with van der Waals surface area (Å²) in [5.41, 5.74) is 2.14. The van der Waals surface area contributed by atoms with E-state index in [2.05, 4.69) is 5.18 Å². The first-order valence-electron chi connectivity index (χ1n) is 3.18. The Bertz CT molecular complexity index is 232. The fraction of sp³-hybridized carbons (Fsp3) is 0.250. The van der Waals surface area contributed by atoms with Crippen molar-refractivity contribution in [2.75, 3.05) is 0 Å². The zero-order valence-electron chi connectivity index (χ0n) is 5.87. The van der Waals surface area contributed by atoms with Crippen molar-refractivity contribution < 1.29 is 0 Å². The summed E-state index contributed by atoms with van der Waals surface area (Å²) in [5.74, 6) is 0. The first kappa shape index (κ1) is 6.93. The number of nitroso groups, excluding NO2 is 1. The molecule has 0 unspecified atom stereocenters. The molecule has 0 bridgehead atoms. The molecule has 0 fully saturated rings. The average Bonchev–Trinajstić information content (AvgIpc) is 1.94. The average molecular weight is 135 g/mol. The Hall–Kier alpha value is -1.18. The number of nitrogens with zero attached hydrogens (tertiary/aromatic N) is 1. The molecule has 0 aliphatic heterocycles. The smallest absolute Gasteiger partial charge is 0.106 e. The molecule has 0 aliphatic carbocycles. The fourth-order valence-electron chi connectivity index (χ4n) is 0.857. The van der Waals surface area contributed by atoms with Gasteiger partial charge in [-0.1, -0.05) is 29.4 Å². The third kappa shape index (κ3) is 1.41. The zero-order chi connectivity index (χ0) is 7.40. The van der Waals surface area contributed by atoms with E-state index in [1.165, 1.54) is 0 Å². The molecule has 1 rings (SSSR count). The summed E-state index contributed by atoms with van der Waals surface area (Å²) in [5, 5.41) is 2.82. The molecule has 0 amide bonds. The summed E-state index contributed by atoms with van der Waals surface area (Å²) in [7, 11) is 0. The lowest BCUT2D eigenvalue weighted by Gasteiger charge is -1.97. The highest BCUT2D eigenvalue weighted by atomic mass is 16.3. The molecule has 0 spiro atoms. The molecule has 0 aromatic heterocycles. The number of aryl methyl sites for hydroxylation is 1. The van der Waals surface area contributed by atoms with Gasteiger partial charge in [-0.3, -0.25) is 0 Å². The number of hydrogen-bond donors (Lipinski definition) is 0. The molecule has 0 aliphatic rings. The van der Waals surface area contributed by atoms with Gasteiger partial charge in [-0.2, -0.15) is 4.91 Å². The Morgan fingerprint density at radius 1 is 1.40 bits per heavy atom. The molecular weight excluding hydrogens is 126 g/mol. The Morgan fingerprint density at radius 2 is 2.10 bits per heavy atom. The van der Waals surface area contributed by atoms with Gasteiger partial charge in [-0.05, 0) is 18.1 Å². The third-order valence-corrected chi connectivity index (χ3v) is 1.50. The van der Waals surface area contributed by atoms with Crippen LogP contribution in [0.25, 0.3) is 0 Å². The van der Waals surface area contributed by atoms with Crippen molar-refractivity contribution in [2.45, 2.75) is 13.5 Å². The van der Waals surface area contributed by atoms with E-state index in [9.17, 15) is 4.91 Å². The van der Waals surface area contributed by atoms with E-state index in [0.717, 1.165) is 11.1 Å². The first-order valence-corrected chi connectivity index (χ1v) is 3.18. The van der Waals surface area contributed by atoms with Crippen LogP contribution >= 0.6 is 0 Å². The maximum Gasteiger partial charge on any atom is 0.106 e. The summed E-state index contributed by atoms with van der Waals surface area (Å²) in [6.45, 7) is 2.26. The Morgan fingerprint density at radius 3 is 2.70 bits per heavy atom. The molecule has 0 saturated heterocycles. The van der Waals surface area contributed by atoms with Crippen molar-refractivity contribution in [1.82, 2.24) is 0 Å². The Balaban J connectivity index is 2.91. The van der Waals surface area contributed by atoms with Crippen LogP contribution in [0.4, 0.5) is 0 Å². The number of rotatable bonds is 2. The molecule has 0 saturated carbocycles. The van der Waals surface area contributed by atoms with E-state index < -0.39 is 0 Å². The Labute approximate surface area is 59.9 Å². The molecule has 52 valence electrons. The van der Waals surface area contributed by atoms with Gasteiger partial charge in [-0.15, -0.1) is 0 Å². The highest BCUT2D eigenvalue weighted by Gasteiger charge is 1.93. The van der Waals surface area contributed by atoms with E-state index in [0.29, 0.717) is 0 Å². The lowest BCUT2D eigenvalue weighted by molar-refractivity contribution is 1.04. The standard InChI is InChI=1S/C8H9NO/c1-7-4-2-3-5-8(7)6-9-10/h2-5H,6H2,1H3. The van der Waals surface area contributed by atoms with Crippen LogP contribution in [0.1, 0.15) is 11.1 Å². The molecular formula is C8H9NO. The van der Waals surface area contributed by atoms with Crippen LogP contribution in [0.3, 0.4) is 0 Å². The largest absolute Gasteiger partial charge is 0.150 e. The van der Waals surface area contributed by atoms with Crippen molar-refractivity contribution in [3.05, 3.63) is 40.3 Å². The van der Waals surface area contributed by atoms with Crippen molar-refractivity contribution in [3.8, 4) is 0 Å². The van der Waals surface area contributed by atoms with E-state index in [1.807, 2.05) is 31.2 Å². The van der Waals surface area contributed by atoms with Gasteiger partial charge in [0, 0.05) is 0 Å². The van der Waals surface area contributed by atoms with Gasteiger partial charge >= 0.3 is 0 Å². The molecule has 2 heteroatoms. The molecule has 0 radical (unpaired) electrons. The summed E-state index contributed by atoms with van der Waals surface area (Å²) in [4.78, 5) is 9.88. The normalized spacial score (nSPS) is 9.30. The molecule has 1 aromatic rings. The van der Waals surface area contributed by atoms with Crippen LogP contribution in [-0.2, 0) is 6.54 Å². The highest BCUT2D eigenvalue weighted by molar-refractivity contribution is 5.25. The molecule has 0 atom stereocenters. The van der Waals surface area contributed by atoms with E-state index in [4.69, 9.17) is 0 Å².